The number of hydrogen-bond donors (Lipinski definition) is 1. The van der Waals surface area contributed by atoms with Crippen molar-refractivity contribution in [2.75, 3.05) is 13.1 Å². The molecule has 5 heteroatoms. The van der Waals surface area contributed by atoms with E-state index in [9.17, 15) is 9.59 Å². The van der Waals surface area contributed by atoms with Gasteiger partial charge in [0.15, 0.2) is 0 Å². The second kappa shape index (κ2) is 8.15. The van der Waals surface area contributed by atoms with E-state index >= 15 is 0 Å². The number of thiophene rings is 1. The van der Waals surface area contributed by atoms with Gasteiger partial charge in [0.2, 0.25) is 5.91 Å². The minimum atomic E-state index is -0.187. The Balaban J connectivity index is 1.64. The zero-order chi connectivity index (χ0) is 18.5. The summed E-state index contributed by atoms with van der Waals surface area (Å²) in [4.78, 5) is 27.4. The van der Waals surface area contributed by atoms with Crippen LogP contribution in [0.5, 0.6) is 0 Å². The van der Waals surface area contributed by atoms with Gasteiger partial charge in [-0.05, 0) is 36.4 Å². The van der Waals surface area contributed by atoms with Crippen molar-refractivity contribution in [3.8, 4) is 0 Å². The first-order chi connectivity index (χ1) is 12.6. The molecule has 26 heavy (non-hydrogen) atoms. The molecule has 1 aromatic heterocycles. The molecular formula is C21H22N2O2S. The van der Waals surface area contributed by atoms with Gasteiger partial charge in [0.1, 0.15) is 0 Å². The molecule has 0 aliphatic carbocycles. The van der Waals surface area contributed by atoms with E-state index in [1.807, 2.05) is 68.4 Å². The third-order valence-electron chi connectivity index (χ3n) is 4.40. The first-order valence-corrected chi connectivity index (χ1v) is 9.49. The van der Waals surface area contributed by atoms with E-state index in [1.54, 1.807) is 4.90 Å². The predicted octanol–water partition coefficient (Wildman–Crippen LogP) is 3.99. The molecule has 134 valence electrons. The standard InChI is InChI=1S/C21H22N2O2S/c1-3-23(14-16-9-5-4-6-10-16)19(24)13-22-21(25)20-15(2)17-11-7-8-12-18(17)26-20/h4-12H,3,13-14H2,1-2H3,(H,22,25). The van der Waals surface area contributed by atoms with Gasteiger partial charge in [-0.15, -0.1) is 11.3 Å². The maximum absolute atomic E-state index is 12.5. The van der Waals surface area contributed by atoms with Crippen LogP contribution < -0.4 is 5.32 Å². The number of rotatable bonds is 6. The molecule has 0 unspecified atom stereocenters. The van der Waals surface area contributed by atoms with Crippen molar-refractivity contribution in [1.82, 2.24) is 10.2 Å². The van der Waals surface area contributed by atoms with Gasteiger partial charge in [-0.3, -0.25) is 9.59 Å². The van der Waals surface area contributed by atoms with Crippen LogP contribution in [0.3, 0.4) is 0 Å². The topological polar surface area (TPSA) is 49.4 Å². The number of aryl methyl sites for hydroxylation is 1. The minimum Gasteiger partial charge on any atom is -0.342 e. The van der Waals surface area contributed by atoms with Gasteiger partial charge in [-0.2, -0.15) is 0 Å². The predicted molar refractivity (Wildman–Crippen MR) is 106 cm³/mol. The summed E-state index contributed by atoms with van der Waals surface area (Å²) in [5.41, 5.74) is 2.04. The Labute approximate surface area is 157 Å². The summed E-state index contributed by atoms with van der Waals surface area (Å²) in [7, 11) is 0. The molecular weight excluding hydrogens is 344 g/mol. The SMILES string of the molecule is CCN(Cc1ccccc1)C(=O)CNC(=O)c1sc2ccccc2c1C. The molecule has 4 nitrogen and oxygen atoms in total. The number of fused-ring (bicyclic) bond motifs is 1. The lowest BCUT2D eigenvalue weighted by Crippen LogP contribution is -2.39. The Hall–Kier alpha value is -2.66. The molecule has 2 aromatic carbocycles. The van der Waals surface area contributed by atoms with Crippen molar-refractivity contribution in [3.63, 3.8) is 0 Å². The largest absolute Gasteiger partial charge is 0.342 e. The molecule has 0 saturated carbocycles. The summed E-state index contributed by atoms with van der Waals surface area (Å²) >= 11 is 1.46. The molecule has 0 saturated heterocycles. The van der Waals surface area contributed by atoms with E-state index in [0.717, 1.165) is 21.2 Å². The van der Waals surface area contributed by atoms with E-state index in [4.69, 9.17) is 0 Å². The molecule has 3 aromatic rings. The Bertz CT molecular complexity index is 918. The third-order valence-corrected chi connectivity index (χ3v) is 5.67. The fourth-order valence-electron chi connectivity index (χ4n) is 2.92. The van der Waals surface area contributed by atoms with Crippen LogP contribution in [0.1, 0.15) is 27.7 Å². The van der Waals surface area contributed by atoms with Crippen LogP contribution in [-0.4, -0.2) is 29.8 Å². The monoisotopic (exact) mass is 366 g/mol. The number of hydrogen-bond acceptors (Lipinski definition) is 3. The summed E-state index contributed by atoms with van der Waals surface area (Å²) in [6.07, 6.45) is 0. The van der Waals surface area contributed by atoms with E-state index in [1.165, 1.54) is 11.3 Å². The molecule has 0 spiro atoms. The normalized spacial score (nSPS) is 10.7. The molecule has 2 amide bonds. The van der Waals surface area contributed by atoms with Crippen LogP contribution in [0.15, 0.2) is 54.6 Å². The zero-order valence-electron chi connectivity index (χ0n) is 15.0. The number of benzene rings is 2. The average molecular weight is 366 g/mol. The highest BCUT2D eigenvalue weighted by Crippen LogP contribution is 2.30. The van der Waals surface area contributed by atoms with Crippen LogP contribution in [0.25, 0.3) is 10.1 Å². The number of carbonyl (C=O) groups excluding carboxylic acids is 2. The van der Waals surface area contributed by atoms with Crippen molar-refractivity contribution in [2.24, 2.45) is 0 Å². The Kier molecular flexibility index (Phi) is 5.68. The molecule has 1 heterocycles. The molecule has 0 bridgehead atoms. The first-order valence-electron chi connectivity index (χ1n) is 8.68. The lowest BCUT2D eigenvalue weighted by molar-refractivity contribution is -0.130. The van der Waals surface area contributed by atoms with E-state index in [2.05, 4.69) is 5.32 Å². The van der Waals surface area contributed by atoms with Crippen molar-refractivity contribution in [3.05, 3.63) is 70.6 Å². The maximum Gasteiger partial charge on any atom is 0.262 e. The van der Waals surface area contributed by atoms with Gasteiger partial charge in [0.05, 0.1) is 11.4 Å². The average Bonchev–Trinajstić information content (AvgIpc) is 3.02. The van der Waals surface area contributed by atoms with Crippen LogP contribution in [0, 0.1) is 6.92 Å². The molecule has 3 rings (SSSR count). The third kappa shape index (κ3) is 3.94. The van der Waals surface area contributed by atoms with Crippen molar-refractivity contribution < 1.29 is 9.59 Å². The molecule has 0 atom stereocenters. The Morgan fingerprint density at radius 1 is 1.04 bits per heavy atom. The van der Waals surface area contributed by atoms with Gasteiger partial charge < -0.3 is 10.2 Å². The summed E-state index contributed by atoms with van der Waals surface area (Å²) in [6.45, 7) is 5.05. The summed E-state index contributed by atoms with van der Waals surface area (Å²) in [6, 6.07) is 17.8. The minimum absolute atomic E-state index is 0.00714. The molecule has 0 aliphatic rings. The summed E-state index contributed by atoms with van der Waals surface area (Å²) in [5, 5.41) is 3.87. The van der Waals surface area contributed by atoms with Crippen molar-refractivity contribution in [1.29, 1.82) is 0 Å². The Morgan fingerprint density at radius 3 is 2.42 bits per heavy atom. The van der Waals surface area contributed by atoms with Gasteiger partial charge in [-0.1, -0.05) is 48.5 Å². The van der Waals surface area contributed by atoms with E-state index in [0.29, 0.717) is 18.0 Å². The fraction of sp³-hybridized carbons (Fsp3) is 0.238. The fourth-order valence-corrected chi connectivity index (χ4v) is 4.04. The quantitative estimate of drug-likeness (QED) is 0.717. The van der Waals surface area contributed by atoms with Gasteiger partial charge >= 0.3 is 0 Å². The second-order valence-electron chi connectivity index (χ2n) is 6.13. The van der Waals surface area contributed by atoms with Gasteiger partial charge in [-0.25, -0.2) is 0 Å². The molecule has 1 N–H and O–H groups in total. The number of nitrogens with zero attached hydrogens (tertiary/aromatic N) is 1. The van der Waals surface area contributed by atoms with Crippen LogP contribution in [0.2, 0.25) is 0 Å². The lowest BCUT2D eigenvalue weighted by Gasteiger charge is -2.21. The number of amides is 2. The highest BCUT2D eigenvalue weighted by Gasteiger charge is 2.18. The van der Waals surface area contributed by atoms with Crippen LogP contribution in [0.4, 0.5) is 0 Å². The highest BCUT2D eigenvalue weighted by atomic mass is 32.1. The highest BCUT2D eigenvalue weighted by molar-refractivity contribution is 7.21. The smallest absolute Gasteiger partial charge is 0.262 e. The lowest BCUT2D eigenvalue weighted by atomic mass is 10.1. The van der Waals surface area contributed by atoms with E-state index in [-0.39, 0.29) is 18.4 Å². The van der Waals surface area contributed by atoms with Crippen molar-refractivity contribution >= 4 is 33.2 Å². The number of likely N-dealkylation sites (N-methyl/N-ethyl adjacent to an activating group) is 1. The molecule has 0 radical (unpaired) electrons. The Morgan fingerprint density at radius 2 is 1.73 bits per heavy atom. The number of carbonyl (C=O) groups is 2. The summed E-state index contributed by atoms with van der Waals surface area (Å²) in [5.74, 6) is -0.267. The molecule has 0 aliphatic heterocycles. The first kappa shape index (κ1) is 18.1. The van der Waals surface area contributed by atoms with Crippen LogP contribution in [-0.2, 0) is 11.3 Å². The van der Waals surface area contributed by atoms with Crippen LogP contribution >= 0.6 is 11.3 Å². The van der Waals surface area contributed by atoms with Gasteiger partial charge in [0, 0.05) is 17.8 Å². The summed E-state index contributed by atoms with van der Waals surface area (Å²) < 4.78 is 1.08. The number of nitrogens with one attached hydrogen (secondary N) is 1. The zero-order valence-corrected chi connectivity index (χ0v) is 15.8. The van der Waals surface area contributed by atoms with Crippen molar-refractivity contribution in [2.45, 2.75) is 20.4 Å². The molecule has 0 fully saturated rings. The maximum atomic E-state index is 12.5. The van der Waals surface area contributed by atoms with E-state index < -0.39 is 0 Å². The van der Waals surface area contributed by atoms with Gasteiger partial charge in [0.25, 0.3) is 5.91 Å². The second-order valence-corrected chi connectivity index (χ2v) is 7.18.